The second-order valence-corrected chi connectivity index (χ2v) is 6.77. The molecule has 0 aliphatic carbocycles. The molecular weight excluding hydrogens is 282 g/mol. The van der Waals surface area contributed by atoms with Gasteiger partial charge in [0.05, 0.1) is 11.8 Å². The van der Waals surface area contributed by atoms with Gasteiger partial charge in [-0.3, -0.25) is 4.68 Å². The number of anilines is 1. The number of aryl methyl sites for hydroxylation is 1. The molecule has 1 unspecified atom stereocenters. The predicted octanol–water partition coefficient (Wildman–Crippen LogP) is 2.46. The average Bonchev–Trinajstić information content (AvgIpc) is 3.03. The Kier molecular flexibility index (Phi) is 4.26. The zero-order chi connectivity index (χ0) is 14.8. The van der Waals surface area contributed by atoms with Crippen molar-refractivity contribution in [1.82, 2.24) is 19.7 Å². The maximum Gasteiger partial charge on any atom is 0.136 e. The molecule has 3 heterocycles. The average molecular weight is 305 g/mol. The first-order chi connectivity index (χ1) is 10.2. The molecule has 2 aromatic heterocycles. The summed E-state index contributed by atoms with van der Waals surface area (Å²) in [6.07, 6.45) is 7.51. The van der Waals surface area contributed by atoms with Crippen molar-refractivity contribution in [2.45, 2.75) is 25.3 Å². The molecule has 5 nitrogen and oxygen atoms in total. The third-order valence-corrected chi connectivity index (χ3v) is 5.10. The first kappa shape index (κ1) is 14.5. The quantitative estimate of drug-likeness (QED) is 0.873. The molecule has 0 N–H and O–H groups in total. The van der Waals surface area contributed by atoms with E-state index >= 15 is 0 Å². The minimum atomic E-state index is 0.687. The zero-order valence-corrected chi connectivity index (χ0v) is 13.8. The lowest BCUT2D eigenvalue weighted by Gasteiger charge is -2.25. The zero-order valence-electron chi connectivity index (χ0n) is 13.0. The van der Waals surface area contributed by atoms with E-state index in [1.165, 1.54) is 25.1 Å². The molecule has 114 valence electrons. The van der Waals surface area contributed by atoms with Gasteiger partial charge in [0.2, 0.25) is 0 Å². The van der Waals surface area contributed by atoms with Gasteiger partial charge in [0.1, 0.15) is 10.8 Å². The Morgan fingerprint density at radius 3 is 2.86 bits per heavy atom. The van der Waals surface area contributed by atoms with E-state index in [2.05, 4.69) is 34.0 Å². The predicted molar refractivity (Wildman–Crippen MR) is 87.9 cm³/mol. The highest BCUT2D eigenvalue weighted by Crippen LogP contribution is 2.33. The van der Waals surface area contributed by atoms with E-state index in [9.17, 15) is 0 Å². The van der Waals surface area contributed by atoms with E-state index in [0.717, 1.165) is 23.7 Å². The van der Waals surface area contributed by atoms with E-state index < -0.39 is 0 Å². The molecule has 1 atom stereocenters. The van der Waals surface area contributed by atoms with Gasteiger partial charge in [0.15, 0.2) is 0 Å². The molecule has 0 aromatic carbocycles. The van der Waals surface area contributed by atoms with Crippen molar-refractivity contribution in [2.24, 2.45) is 7.05 Å². The van der Waals surface area contributed by atoms with Crippen molar-refractivity contribution in [3.8, 4) is 10.6 Å². The summed E-state index contributed by atoms with van der Waals surface area (Å²) in [6, 6.07) is 0.687. The van der Waals surface area contributed by atoms with Crippen LogP contribution >= 0.6 is 11.3 Å². The maximum atomic E-state index is 4.46. The van der Waals surface area contributed by atoms with Gasteiger partial charge in [-0.2, -0.15) is 5.10 Å². The van der Waals surface area contributed by atoms with Crippen LogP contribution in [0.1, 0.15) is 19.3 Å². The number of aromatic nitrogens is 3. The lowest BCUT2D eigenvalue weighted by molar-refractivity contribution is 0.272. The first-order valence-corrected chi connectivity index (χ1v) is 8.38. The van der Waals surface area contributed by atoms with Crippen LogP contribution in [0, 0.1) is 0 Å². The fourth-order valence-electron chi connectivity index (χ4n) is 3.12. The van der Waals surface area contributed by atoms with Gasteiger partial charge >= 0.3 is 0 Å². The van der Waals surface area contributed by atoms with Crippen LogP contribution in [0.5, 0.6) is 0 Å². The normalized spacial score (nSPS) is 20.0. The molecule has 0 bridgehead atoms. The molecule has 0 saturated carbocycles. The Bertz CT molecular complexity index is 575. The summed E-state index contributed by atoms with van der Waals surface area (Å²) in [5.41, 5.74) is 1.16. The Morgan fingerprint density at radius 2 is 2.14 bits per heavy atom. The third kappa shape index (κ3) is 2.96. The molecule has 1 aliphatic heterocycles. The van der Waals surface area contributed by atoms with Crippen molar-refractivity contribution in [1.29, 1.82) is 0 Å². The molecule has 6 heteroatoms. The van der Waals surface area contributed by atoms with Crippen LogP contribution in [0.2, 0.25) is 0 Å². The summed E-state index contributed by atoms with van der Waals surface area (Å²) in [5.74, 6) is 1.21. The van der Waals surface area contributed by atoms with Crippen molar-refractivity contribution in [2.75, 3.05) is 32.1 Å². The second-order valence-electron chi connectivity index (χ2n) is 5.88. The van der Waals surface area contributed by atoms with Gasteiger partial charge in [-0.15, -0.1) is 11.3 Å². The summed E-state index contributed by atoms with van der Waals surface area (Å²) in [6.45, 7) is 2.18. The van der Waals surface area contributed by atoms with E-state index in [-0.39, 0.29) is 0 Å². The number of thiazole rings is 1. The lowest BCUT2D eigenvalue weighted by Crippen LogP contribution is -2.31. The molecule has 1 aliphatic rings. The Morgan fingerprint density at radius 1 is 1.29 bits per heavy atom. The number of hydrogen-bond donors (Lipinski definition) is 0. The third-order valence-electron chi connectivity index (χ3n) is 4.30. The molecule has 0 spiro atoms. The molecule has 0 amide bonds. The Balaban J connectivity index is 1.85. The van der Waals surface area contributed by atoms with Crippen molar-refractivity contribution < 1.29 is 0 Å². The summed E-state index contributed by atoms with van der Waals surface area (Å²) >= 11 is 1.68. The van der Waals surface area contributed by atoms with Crippen molar-refractivity contribution in [3.63, 3.8) is 0 Å². The lowest BCUT2D eigenvalue weighted by atomic mass is 10.1. The molecule has 1 fully saturated rings. The van der Waals surface area contributed by atoms with Crippen molar-refractivity contribution in [3.05, 3.63) is 17.8 Å². The van der Waals surface area contributed by atoms with E-state index in [4.69, 9.17) is 0 Å². The highest BCUT2D eigenvalue weighted by Gasteiger charge is 2.23. The minimum Gasteiger partial charge on any atom is -0.356 e. The van der Waals surface area contributed by atoms with Gasteiger partial charge in [-0.05, 0) is 33.4 Å². The summed E-state index contributed by atoms with van der Waals surface area (Å²) < 4.78 is 1.99. The van der Waals surface area contributed by atoms with Gasteiger partial charge in [0.25, 0.3) is 0 Å². The number of nitrogens with zero attached hydrogens (tertiary/aromatic N) is 5. The van der Waals surface area contributed by atoms with Crippen LogP contribution in [0.3, 0.4) is 0 Å². The van der Waals surface area contributed by atoms with Gasteiger partial charge < -0.3 is 9.80 Å². The fraction of sp³-hybridized carbons (Fsp3) is 0.600. The van der Waals surface area contributed by atoms with Crippen LogP contribution in [-0.4, -0.2) is 52.9 Å². The SMILES string of the molecule is CN(C)C1CCCN(c2c(-c3nccs3)cnn2C)CC1. The second kappa shape index (κ2) is 6.15. The van der Waals surface area contributed by atoms with Crippen LogP contribution < -0.4 is 4.90 Å². The maximum absolute atomic E-state index is 4.46. The highest BCUT2D eigenvalue weighted by molar-refractivity contribution is 7.13. The summed E-state index contributed by atoms with van der Waals surface area (Å²) in [5, 5.41) is 7.55. The van der Waals surface area contributed by atoms with Crippen molar-refractivity contribution >= 4 is 17.2 Å². The number of hydrogen-bond acceptors (Lipinski definition) is 5. The number of rotatable bonds is 3. The monoisotopic (exact) mass is 305 g/mol. The van der Waals surface area contributed by atoms with Crippen LogP contribution in [0.4, 0.5) is 5.82 Å². The Hall–Kier alpha value is -1.40. The highest BCUT2D eigenvalue weighted by atomic mass is 32.1. The molecule has 21 heavy (non-hydrogen) atoms. The van der Waals surface area contributed by atoms with Crippen LogP contribution in [0.25, 0.3) is 10.6 Å². The largest absolute Gasteiger partial charge is 0.356 e. The standard InChI is InChI=1S/C15H23N5S/c1-18(2)12-5-4-8-20(9-6-12)15-13(11-17-19(15)3)14-16-7-10-21-14/h7,10-12H,4-6,8-9H2,1-3H3. The van der Waals surface area contributed by atoms with E-state index in [1.54, 1.807) is 11.3 Å². The van der Waals surface area contributed by atoms with Crippen LogP contribution in [-0.2, 0) is 7.05 Å². The fourth-order valence-corrected chi connectivity index (χ4v) is 3.76. The smallest absolute Gasteiger partial charge is 0.136 e. The molecular formula is C15H23N5S. The molecule has 2 aromatic rings. The first-order valence-electron chi connectivity index (χ1n) is 7.50. The summed E-state index contributed by atoms with van der Waals surface area (Å²) in [4.78, 5) is 9.29. The minimum absolute atomic E-state index is 0.687. The van der Waals surface area contributed by atoms with E-state index in [0.29, 0.717) is 6.04 Å². The van der Waals surface area contributed by atoms with Gasteiger partial charge in [-0.25, -0.2) is 4.98 Å². The van der Waals surface area contributed by atoms with Crippen LogP contribution in [0.15, 0.2) is 17.8 Å². The molecule has 1 saturated heterocycles. The Labute approximate surface area is 130 Å². The van der Waals surface area contributed by atoms with E-state index in [1.807, 2.05) is 29.5 Å². The van der Waals surface area contributed by atoms with Gasteiger partial charge in [0, 0.05) is 37.8 Å². The summed E-state index contributed by atoms with van der Waals surface area (Å²) in [7, 11) is 6.40. The molecule has 3 rings (SSSR count). The van der Waals surface area contributed by atoms with Gasteiger partial charge in [-0.1, -0.05) is 0 Å². The topological polar surface area (TPSA) is 37.2 Å². The molecule has 0 radical (unpaired) electrons.